The van der Waals surface area contributed by atoms with Crippen LogP contribution in [0.25, 0.3) is 0 Å². The third-order valence-electron chi connectivity index (χ3n) is 6.97. The van der Waals surface area contributed by atoms with Crippen molar-refractivity contribution < 1.29 is 28.2 Å². The molecule has 8 heteroatoms. The molecule has 0 spiro atoms. The summed E-state index contributed by atoms with van der Waals surface area (Å²) in [7, 11) is 0. The molecule has 0 radical (unpaired) electrons. The van der Waals surface area contributed by atoms with Crippen LogP contribution in [0.1, 0.15) is 68.4 Å². The largest absolute Gasteiger partial charge is 0.466 e. The third kappa shape index (κ3) is 8.47. The zero-order valence-electron chi connectivity index (χ0n) is 21.9. The van der Waals surface area contributed by atoms with E-state index in [-0.39, 0.29) is 26.1 Å². The fraction of sp³-hybridized carbons (Fsp3) is 0.552. The van der Waals surface area contributed by atoms with Crippen LogP contribution in [-0.4, -0.2) is 54.4 Å². The topological polar surface area (TPSA) is 59.0 Å². The average molecular weight is 538 g/mol. The van der Waals surface area contributed by atoms with Crippen molar-refractivity contribution in [3.8, 4) is 0 Å². The molecule has 2 aromatic carbocycles. The highest BCUT2D eigenvalue weighted by atomic mass is 35.5. The molecule has 1 aliphatic rings. The molecular weight excluding hydrogens is 500 g/mol. The number of nitrogens with zero attached hydrogens (tertiary/aromatic N) is 1. The highest BCUT2D eigenvalue weighted by molar-refractivity contribution is 6.31. The second-order valence-electron chi connectivity index (χ2n) is 9.67. The molecule has 0 bridgehead atoms. The summed E-state index contributed by atoms with van der Waals surface area (Å²) in [5.74, 6) is -2.34. The predicted octanol–water partition coefficient (Wildman–Crippen LogP) is 5.82. The highest BCUT2D eigenvalue weighted by Crippen LogP contribution is 2.27. The third-order valence-corrected chi connectivity index (χ3v) is 7.34. The van der Waals surface area contributed by atoms with Gasteiger partial charge in [0.1, 0.15) is 0 Å². The summed E-state index contributed by atoms with van der Waals surface area (Å²) in [4.78, 5) is 14.0. The molecule has 2 aromatic rings. The molecule has 1 heterocycles. The summed E-state index contributed by atoms with van der Waals surface area (Å²) >= 11 is 6.27. The van der Waals surface area contributed by atoms with Crippen LogP contribution in [0.5, 0.6) is 0 Å². The smallest absolute Gasteiger partial charge is 0.306 e. The number of benzene rings is 2. The minimum atomic E-state index is -0.973. The number of likely N-dealkylation sites (tertiary alicyclic amines) is 1. The van der Waals surface area contributed by atoms with E-state index in [1.807, 2.05) is 6.07 Å². The quantitative estimate of drug-likeness (QED) is 0.326. The molecule has 1 fully saturated rings. The maximum Gasteiger partial charge on any atom is 0.306 e. The van der Waals surface area contributed by atoms with Crippen molar-refractivity contribution in [2.75, 3.05) is 26.3 Å². The van der Waals surface area contributed by atoms with Gasteiger partial charge in [0.15, 0.2) is 11.6 Å². The van der Waals surface area contributed by atoms with Crippen LogP contribution < -0.4 is 0 Å². The Morgan fingerprint density at radius 2 is 1.95 bits per heavy atom. The van der Waals surface area contributed by atoms with Gasteiger partial charge in [-0.2, -0.15) is 0 Å². The normalized spacial score (nSPS) is 17.6. The Bertz CT molecular complexity index is 1050. The zero-order chi connectivity index (χ0) is 26.9. The van der Waals surface area contributed by atoms with Gasteiger partial charge in [-0.25, -0.2) is 8.78 Å². The van der Waals surface area contributed by atoms with Gasteiger partial charge < -0.3 is 14.6 Å². The van der Waals surface area contributed by atoms with E-state index in [1.165, 1.54) is 5.56 Å². The van der Waals surface area contributed by atoms with E-state index in [0.717, 1.165) is 54.9 Å². The highest BCUT2D eigenvalue weighted by Gasteiger charge is 2.27. The van der Waals surface area contributed by atoms with Crippen molar-refractivity contribution in [1.29, 1.82) is 0 Å². The maximum atomic E-state index is 14.0. The number of aliphatic hydroxyl groups is 1. The van der Waals surface area contributed by atoms with E-state index in [1.54, 1.807) is 13.8 Å². The minimum Gasteiger partial charge on any atom is -0.466 e. The Morgan fingerprint density at radius 1 is 1.19 bits per heavy atom. The van der Waals surface area contributed by atoms with E-state index in [2.05, 4.69) is 24.0 Å². The molecule has 3 rings (SSSR count). The molecule has 0 saturated carbocycles. The molecule has 5 nitrogen and oxygen atoms in total. The van der Waals surface area contributed by atoms with Crippen molar-refractivity contribution in [3.63, 3.8) is 0 Å². The summed E-state index contributed by atoms with van der Waals surface area (Å²) in [6.07, 6.45) is 2.87. The lowest BCUT2D eigenvalue weighted by Gasteiger charge is -2.28. The molecule has 0 aromatic heterocycles. The maximum absolute atomic E-state index is 14.0. The minimum absolute atomic E-state index is 0.0572. The first-order valence-corrected chi connectivity index (χ1v) is 13.5. The van der Waals surface area contributed by atoms with E-state index in [9.17, 15) is 18.7 Å². The first kappa shape index (κ1) is 29.5. The molecule has 1 saturated heterocycles. The molecule has 3 atom stereocenters. The average Bonchev–Trinajstić information content (AvgIpc) is 3.30. The predicted molar refractivity (Wildman–Crippen MR) is 141 cm³/mol. The first-order chi connectivity index (χ1) is 17.7. The van der Waals surface area contributed by atoms with E-state index in [0.29, 0.717) is 23.7 Å². The van der Waals surface area contributed by atoms with Crippen LogP contribution in [0.2, 0.25) is 5.02 Å². The molecule has 1 N–H and O–H groups in total. The summed E-state index contributed by atoms with van der Waals surface area (Å²) in [5, 5.41) is 11.5. The lowest BCUT2D eigenvalue weighted by Crippen LogP contribution is -2.39. The Hall–Kier alpha value is -2.06. The van der Waals surface area contributed by atoms with E-state index in [4.69, 9.17) is 21.1 Å². The zero-order valence-corrected chi connectivity index (χ0v) is 22.7. The number of carbonyl (C=O) groups is 1. The Kier molecular flexibility index (Phi) is 11.3. The number of β-amino-alcohol motifs (C(OH)–C–C–N with tert-alkyl or cyclic N) is 1. The van der Waals surface area contributed by atoms with Crippen LogP contribution in [0, 0.1) is 11.6 Å². The molecular formula is C29H38ClF2NO4. The van der Waals surface area contributed by atoms with Gasteiger partial charge in [0.25, 0.3) is 0 Å². The first-order valence-electron chi connectivity index (χ1n) is 13.2. The van der Waals surface area contributed by atoms with Crippen LogP contribution in [0.3, 0.4) is 0 Å². The number of esters is 1. The van der Waals surface area contributed by atoms with Crippen molar-refractivity contribution in [3.05, 3.63) is 69.2 Å². The van der Waals surface area contributed by atoms with Crippen molar-refractivity contribution >= 4 is 17.6 Å². The molecule has 0 aliphatic carbocycles. The molecule has 204 valence electrons. The van der Waals surface area contributed by atoms with Crippen molar-refractivity contribution in [1.82, 2.24) is 4.90 Å². The summed E-state index contributed by atoms with van der Waals surface area (Å²) in [6.45, 7) is 7.24. The number of halogens is 3. The SMILES string of the molecule is CCOC(=O)CCc1cc(F)c(F)cc1[C@@H](C)OC[C@H](O)CN1CCC[C@H]1Cc1ccc(Cl)c(CC)c1. The number of aryl methyl sites for hydroxylation is 2. The van der Waals surface area contributed by atoms with Crippen LogP contribution in [-0.2, 0) is 33.5 Å². The van der Waals surface area contributed by atoms with Crippen LogP contribution in [0.4, 0.5) is 8.78 Å². The fourth-order valence-electron chi connectivity index (χ4n) is 5.00. The number of aliphatic hydroxyl groups excluding tert-OH is 1. The van der Waals surface area contributed by atoms with Gasteiger partial charge in [-0.3, -0.25) is 9.69 Å². The summed E-state index contributed by atoms with van der Waals surface area (Å²) in [5.41, 5.74) is 3.34. The Morgan fingerprint density at radius 3 is 2.68 bits per heavy atom. The lowest BCUT2D eigenvalue weighted by molar-refractivity contribution is -0.143. The molecule has 0 unspecified atom stereocenters. The number of rotatable bonds is 13. The summed E-state index contributed by atoms with van der Waals surface area (Å²) < 4.78 is 38.8. The van der Waals surface area contributed by atoms with Gasteiger partial charge in [0.2, 0.25) is 0 Å². The van der Waals surface area contributed by atoms with Gasteiger partial charge in [-0.1, -0.05) is 30.7 Å². The summed E-state index contributed by atoms with van der Waals surface area (Å²) in [6, 6.07) is 8.74. The Labute approximate surface area is 223 Å². The number of hydrogen-bond donors (Lipinski definition) is 1. The molecule has 0 amide bonds. The Balaban J connectivity index is 1.56. The van der Waals surface area contributed by atoms with E-state index < -0.39 is 29.8 Å². The lowest BCUT2D eigenvalue weighted by atomic mass is 9.98. The molecule has 1 aliphatic heterocycles. The molecule has 37 heavy (non-hydrogen) atoms. The van der Waals surface area contributed by atoms with Crippen LogP contribution >= 0.6 is 11.6 Å². The second-order valence-corrected chi connectivity index (χ2v) is 10.1. The standard InChI is InChI=1S/C29H38ClF2NO4/c1-4-21-13-20(8-10-26(21)30)14-23-7-6-12-33(23)17-24(34)18-37-19(3)25-16-28(32)27(31)15-22(25)9-11-29(35)36-5-2/h8,10,13,15-16,19,23-24,34H,4-7,9,11-12,14,17-18H2,1-3H3/t19-,23+,24-/m1/s1. The number of ether oxygens (including phenoxy) is 2. The monoisotopic (exact) mass is 537 g/mol. The second kappa shape index (κ2) is 14.2. The van der Waals surface area contributed by atoms with E-state index >= 15 is 0 Å². The number of carbonyl (C=O) groups excluding carboxylic acids is 1. The van der Waals surface area contributed by atoms with Gasteiger partial charge in [0, 0.05) is 24.0 Å². The van der Waals surface area contributed by atoms with Crippen molar-refractivity contribution in [2.45, 2.75) is 77.5 Å². The van der Waals surface area contributed by atoms with Gasteiger partial charge in [-0.15, -0.1) is 0 Å². The van der Waals surface area contributed by atoms with Gasteiger partial charge in [0.05, 0.1) is 25.4 Å². The number of hydrogen-bond acceptors (Lipinski definition) is 5. The van der Waals surface area contributed by atoms with Gasteiger partial charge in [-0.05, 0) is 92.9 Å². The van der Waals surface area contributed by atoms with Crippen molar-refractivity contribution in [2.24, 2.45) is 0 Å². The van der Waals surface area contributed by atoms with Gasteiger partial charge >= 0.3 is 5.97 Å². The van der Waals surface area contributed by atoms with Crippen LogP contribution in [0.15, 0.2) is 30.3 Å². The fourth-order valence-corrected chi connectivity index (χ4v) is 5.25.